The van der Waals surface area contributed by atoms with Crippen LogP contribution in [-0.4, -0.2) is 48.2 Å². The van der Waals surface area contributed by atoms with E-state index < -0.39 is 0 Å². The van der Waals surface area contributed by atoms with E-state index in [2.05, 4.69) is 5.32 Å². The molecule has 0 spiro atoms. The monoisotopic (exact) mass is 214 g/mol. The van der Waals surface area contributed by atoms with Crippen LogP contribution in [-0.2, 0) is 4.79 Å². The minimum absolute atomic E-state index is 0.130. The molecule has 15 heavy (non-hydrogen) atoms. The van der Waals surface area contributed by atoms with E-state index in [0.29, 0.717) is 18.5 Å². The van der Waals surface area contributed by atoms with Crippen LogP contribution in [0.5, 0.6) is 0 Å². The fourth-order valence-corrected chi connectivity index (χ4v) is 1.77. The summed E-state index contributed by atoms with van der Waals surface area (Å²) >= 11 is 0. The fraction of sp³-hybridized carbons (Fsp3) is 0.909. The van der Waals surface area contributed by atoms with Crippen LogP contribution >= 0.6 is 0 Å². The van der Waals surface area contributed by atoms with Crippen LogP contribution in [0.3, 0.4) is 0 Å². The van der Waals surface area contributed by atoms with Gasteiger partial charge < -0.3 is 15.3 Å². The molecule has 0 atom stereocenters. The molecule has 0 aromatic rings. The van der Waals surface area contributed by atoms with Crippen molar-refractivity contribution in [3.05, 3.63) is 0 Å². The summed E-state index contributed by atoms with van der Waals surface area (Å²) in [6, 6.07) is 0.341. The molecule has 0 saturated heterocycles. The first-order valence-corrected chi connectivity index (χ1v) is 5.64. The first-order chi connectivity index (χ1) is 6.99. The molecule has 1 aliphatic carbocycles. The van der Waals surface area contributed by atoms with Gasteiger partial charge in [-0.2, -0.15) is 0 Å². The molecule has 1 amide bonds. The van der Waals surface area contributed by atoms with Crippen LogP contribution < -0.4 is 5.32 Å². The van der Waals surface area contributed by atoms with Gasteiger partial charge in [-0.25, -0.2) is 0 Å². The SMILES string of the molecule is CC(C)NCC(=O)N(C)CC1CC(O)C1. The summed E-state index contributed by atoms with van der Waals surface area (Å²) in [7, 11) is 1.83. The van der Waals surface area contributed by atoms with E-state index in [4.69, 9.17) is 5.11 Å². The van der Waals surface area contributed by atoms with Crippen LogP contribution in [0, 0.1) is 5.92 Å². The normalized spacial score (nSPS) is 25.1. The van der Waals surface area contributed by atoms with Crippen molar-refractivity contribution in [3.8, 4) is 0 Å². The van der Waals surface area contributed by atoms with Gasteiger partial charge >= 0.3 is 0 Å². The standard InChI is InChI=1S/C11H22N2O2/c1-8(2)12-6-11(15)13(3)7-9-4-10(14)5-9/h8-10,12,14H,4-7H2,1-3H3. The lowest BCUT2D eigenvalue weighted by Gasteiger charge is -2.34. The smallest absolute Gasteiger partial charge is 0.236 e. The van der Waals surface area contributed by atoms with Crippen molar-refractivity contribution < 1.29 is 9.90 Å². The van der Waals surface area contributed by atoms with Gasteiger partial charge in [-0.3, -0.25) is 4.79 Å². The Balaban J connectivity index is 2.15. The molecule has 88 valence electrons. The Labute approximate surface area is 91.6 Å². The summed E-state index contributed by atoms with van der Waals surface area (Å²) in [5, 5.41) is 12.2. The van der Waals surface area contributed by atoms with Crippen LogP contribution in [0.25, 0.3) is 0 Å². The fourth-order valence-electron chi connectivity index (χ4n) is 1.77. The second-order valence-corrected chi connectivity index (χ2v) is 4.80. The van der Waals surface area contributed by atoms with Gasteiger partial charge in [0.25, 0.3) is 0 Å². The Hall–Kier alpha value is -0.610. The van der Waals surface area contributed by atoms with E-state index in [0.717, 1.165) is 19.4 Å². The van der Waals surface area contributed by atoms with Gasteiger partial charge in [0, 0.05) is 19.6 Å². The molecule has 4 nitrogen and oxygen atoms in total. The highest BCUT2D eigenvalue weighted by Crippen LogP contribution is 2.27. The molecule has 0 aliphatic heterocycles. The number of carbonyl (C=O) groups is 1. The van der Waals surface area contributed by atoms with Gasteiger partial charge in [-0.15, -0.1) is 0 Å². The maximum atomic E-state index is 11.6. The number of hydrogen-bond donors (Lipinski definition) is 2. The summed E-state index contributed by atoms with van der Waals surface area (Å²) < 4.78 is 0. The Morgan fingerprint density at radius 3 is 2.60 bits per heavy atom. The third-order valence-corrected chi connectivity index (χ3v) is 2.83. The molecular weight excluding hydrogens is 192 g/mol. The average molecular weight is 214 g/mol. The molecule has 0 aromatic heterocycles. The largest absolute Gasteiger partial charge is 0.393 e. The third-order valence-electron chi connectivity index (χ3n) is 2.83. The van der Waals surface area contributed by atoms with Crippen LogP contribution in [0.15, 0.2) is 0 Å². The molecular formula is C11H22N2O2. The summed E-state index contributed by atoms with van der Waals surface area (Å²) in [5.41, 5.74) is 0. The van der Waals surface area contributed by atoms with Crippen molar-refractivity contribution in [3.63, 3.8) is 0 Å². The van der Waals surface area contributed by atoms with Crippen molar-refractivity contribution in [2.45, 2.75) is 38.8 Å². The Morgan fingerprint density at radius 2 is 2.13 bits per heavy atom. The summed E-state index contributed by atoms with van der Waals surface area (Å²) in [4.78, 5) is 13.4. The average Bonchev–Trinajstić information content (AvgIpc) is 2.11. The zero-order valence-electron chi connectivity index (χ0n) is 9.86. The molecule has 1 fully saturated rings. The molecule has 1 saturated carbocycles. The molecule has 0 radical (unpaired) electrons. The zero-order chi connectivity index (χ0) is 11.4. The third kappa shape index (κ3) is 4.18. The predicted octanol–water partition coefficient (Wildman–Crippen LogP) is 0.214. The van der Waals surface area contributed by atoms with Crippen molar-refractivity contribution in [2.75, 3.05) is 20.1 Å². The van der Waals surface area contributed by atoms with E-state index in [9.17, 15) is 4.79 Å². The molecule has 4 heteroatoms. The first kappa shape index (κ1) is 12.5. The van der Waals surface area contributed by atoms with Crippen molar-refractivity contribution in [1.29, 1.82) is 0 Å². The van der Waals surface area contributed by atoms with Gasteiger partial charge in [-0.05, 0) is 18.8 Å². The summed E-state index contributed by atoms with van der Waals surface area (Å²) in [6.45, 7) is 5.23. The lowest BCUT2D eigenvalue weighted by molar-refractivity contribution is -0.130. The second kappa shape index (κ2) is 5.47. The minimum atomic E-state index is -0.132. The minimum Gasteiger partial charge on any atom is -0.393 e. The summed E-state index contributed by atoms with van der Waals surface area (Å²) in [6.07, 6.45) is 1.55. The van der Waals surface area contributed by atoms with E-state index in [1.807, 2.05) is 20.9 Å². The van der Waals surface area contributed by atoms with Crippen molar-refractivity contribution in [2.24, 2.45) is 5.92 Å². The highest BCUT2D eigenvalue weighted by atomic mass is 16.3. The lowest BCUT2D eigenvalue weighted by atomic mass is 9.82. The zero-order valence-corrected chi connectivity index (χ0v) is 9.86. The highest BCUT2D eigenvalue weighted by Gasteiger charge is 2.28. The number of amides is 1. The Kier molecular flexibility index (Phi) is 4.54. The number of carbonyl (C=O) groups excluding carboxylic acids is 1. The number of aliphatic hydroxyl groups excluding tert-OH is 1. The molecule has 2 N–H and O–H groups in total. The number of likely N-dealkylation sites (N-methyl/N-ethyl adjacent to an activating group) is 1. The van der Waals surface area contributed by atoms with Gasteiger partial charge in [0.2, 0.25) is 5.91 Å². The quantitative estimate of drug-likeness (QED) is 0.688. The van der Waals surface area contributed by atoms with Gasteiger partial charge in [0.05, 0.1) is 12.6 Å². The molecule has 1 aliphatic rings. The van der Waals surface area contributed by atoms with E-state index in [1.165, 1.54) is 0 Å². The Bertz CT molecular complexity index is 213. The predicted molar refractivity (Wildman–Crippen MR) is 59.5 cm³/mol. The van der Waals surface area contributed by atoms with Crippen molar-refractivity contribution >= 4 is 5.91 Å². The number of hydrogen-bond acceptors (Lipinski definition) is 3. The molecule has 0 heterocycles. The van der Waals surface area contributed by atoms with Crippen LogP contribution in [0.4, 0.5) is 0 Å². The highest BCUT2D eigenvalue weighted by molar-refractivity contribution is 5.78. The maximum absolute atomic E-state index is 11.6. The molecule has 0 bridgehead atoms. The Morgan fingerprint density at radius 1 is 1.53 bits per heavy atom. The van der Waals surface area contributed by atoms with Crippen molar-refractivity contribution in [1.82, 2.24) is 10.2 Å². The van der Waals surface area contributed by atoms with E-state index in [1.54, 1.807) is 4.90 Å². The topological polar surface area (TPSA) is 52.6 Å². The number of nitrogens with zero attached hydrogens (tertiary/aromatic N) is 1. The second-order valence-electron chi connectivity index (χ2n) is 4.80. The summed E-state index contributed by atoms with van der Waals surface area (Å²) in [5.74, 6) is 0.623. The number of aliphatic hydroxyl groups is 1. The van der Waals surface area contributed by atoms with E-state index >= 15 is 0 Å². The number of rotatable bonds is 5. The molecule has 0 aromatic carbocycles. The molecule has 0 unspecified atom stereocenters. The van der Waals surface area contributed by atoms with Gasteiger partial charge in [0.15, 0.2) is 0 Å². The first-order valence-electron chi connectivity index (χ1n) is 5.64. The van der Waals surface area contributed by atoms with Crippen LogP contribution in [0.1, 0.15) is 26.7 Å². The van der Waals surface area contributed by atoms with Gasteiger partial charge in [0.1, 0.15) is 0 Å². The maximum Gasteiger partial charge on any atom is 0.236 e. The molecule has 1 rings (SSSR count). The van der Waals surface area contributed by atoms with E-state index in [-0.39, 0.29) is 12.0 Å². The lowest BCUT2D eigenvalue weighted by Crippen LogP contribution is -2.43. The van der Waals surface area contributed by atoms with Crippen LogP contribution in [0.2, 0.25) is 0 Å². The number of nitrogens with one attached hydrogen (secondary N) is 1. The van der Waals surface area contributed by atoms with Gasteiger partial charge in [-0.1, -0.05) is 13.8 Å².